The Morgan fingerprint density at radius 1 is 0.778 bits per heavy atom. The first-order valence-electron chi connectivity index (χ1n) is 5.82. The van der Waals surface area contributed by atoms with Gasteiger partial charge in [0.1, 0.15) is 0 Å². The topological polar surface area (TPSA) is 24.7 Å². The maximum absolute atomic E-state index is 4.22. The molecule has 1 aliphatic rings. The van der Waals surface area contributed by atoms with Gasteiger partial charge in [-0.2, -0.15) is 5.11 Å². The van der Waals surface area contributed by atoms with E-state index < -0.39 is 0 Å². The molecule has 1 aliphatic heterocycles. The van der Waals surface area contributed by atoms with Crippen LogP contribution in [-0.4, -0.2) is 0 Å². The van der Waals surface area contributed by atoms with E-state index in [1.54, 1.807) is 0 Å². The molecule has 0 N–H and O–H groups in total. The fourth-order valence-corrected chi connectivity index (χ4v) is 2.04. The molecule has 3 rings (SSSR count). The lowest BCUT2D eigenvalue weighted by molar-refractivity contribution is 1.19. The van der Waals surface area contributed by atoms with Crippen molar-refractivity contribution in [1.29, 1.82) is 0 Å². The first kappa shape index (κ1) is 10.7. The van der Waals surface area contributed by atoms with Gasteiger partial charge in [0, 0.05) is 5.56 Å². The highest BCUT2D eigenvalue weighted by Crippen LogP contribution is 2.34. The summed E-state index contributed by atoms with van der Waals surface area (Å²) in [6.45, 7) is 3.90. The molecule has 0 fully saturated rings. The van der Waals surface area contributed by atoms with Gasteiger partial charge in [0.2, 0.25) is 0 Å². The monoisotopic (exact) mass is 232 g/mol. The standard InChI is InChI=1S/C16H12N2/c1-12-11-15(13-7-3-2-4-8-13)14-9-5-6-10-16(14)18-17-12/h2-11H,1H2. The molecular weight excluding hydrogens is 220 g/mol. The molecule has 0 unspecified atom stereocenters. The molecule has 0 atom stereocenters. The fourth-order valence-electron chi connectivity index (χ4n) is 2.04. The minimum Gasteiger partial charge on any atom is -0.151 e. The van der Waals surface area contributed by atoms with Crippen molar-refractivity contribution >= 4 is 11.3 Å². The lowest BCUT2D eigenvalue weighted by Crippen LogP contribution is -1.87. The average Bonchev–Trinajstić information content (AvgIpc) is 2.60. The SMILES string of the molecule is C=C1C=C(c2ccccc2)c2ccccc2N=N1. The summed E-state index contributed by atoms with van der Waals surface area (Å²) in [5.41, 5.74) is 4.90. The van der Waals surface area contributed by atoms with Gasteiger partial charge in [0.15, 0.2) is 0 Å². The van der Waals surface area contributed by atoms with E-state index in [0.29, 0.717) is 5.70 Å². The molecule has 0 amide bonds. The van der Waals surface area contributed by atoms with Gasteiger partial charge < -0.3 is 0 Å². The molecule has 2 aromatic carbocycles. The Hall–Kier alpha value is -2.48. The Bertz CT molecular complexity index is 652. The van der Waals surface area contributed by atoms with Crippen molar-refractivity contribution in [2.24, 2.45) is 10.2 Å². The maximum Gasteiger partial charge on any atom is 0.0935 e. The number of allylic oxidation sites excluding steroid dienone is 1. The van der Waals surface area contributed by atoms with Crippen LogP contribution in [0.3, 0.4) is 0 Å². The van der Waals surface area contributed by atoms with Gasteiger partial charge in [-0.3, -0.25) is 0 Å². The molecule has 18 heavy (non-hydrogen) atoms. The van der Waals surface area contributed by atoms with Gasteiger partial charge in [0.25, 0.3) is 0 Å². The minimum absolute atomic E-state index is 0.671. The van der Waals surface area contributed by atoms with E-state index >= 15 is 0 Å². The second kappa shape index (κ2) is 4.41. The fraction of sp³-hybridized carbons (Fsp3) is 0. The van der Waals surface area contributed by atoms with Crippen LogP contribution in [0.25, 0.3) is 5.57 Å². The normalized spacial score (nSPS) is 13.8. The van der Waals surface area contributed by atoms with Crippen molar-refractivity contribution < 1.29 is 0 Å². The first-order valence-corrected chi connectivity index (χ1v) is 5.82. The summed E-state index contributed by atoms with van der Waals surface area (Å²) in [5, 5.41) is 8.31. The Morgan fingerprint density at radius 3 is 2.33 bits per heavy atom. The molecule has 0 spiro atoms. The van der Waals surface area contributed by atoms with Gasteiger partial charge >= 0.3 is 0 Å². The van der Waals surface area contributed by atoms with E-state index in [0.717, 1.165) is 22.4 Å². The number of fused-ring (bicyclic) bond motifs is 1. The lowest BCUT2D eigenvalue weighted by Gasteiger charge is -2.08. The molecule has 2 aromatic rings. The zero-order valence-electron chi connectivity index (χ0n) is 9.88. The van der Waals surface area contributed by atoms with Crippen LogP contribution in [0, 0.1) is 0 Å². The van der Waals surface area contributed by atoms with E-state index in [1.807, 2.05) is 42.5 Å². The molecule has 0 bridgehead atoms. The highest BCUT2D eigenvalue weighted by Gasteiger charge is 2.12. The van der Waals surface area contributed by atoms with Crippen molar-refractivity contribution in [3.63, 3.8) is 0 Å². The third kappa shape index (κ3) is 1.89. The average molecular weight is 232 g/mol. The van der Waals surface area contributed by atoms with Gasteiger partial charge in [0.05, 0.1) is 11.4 Å². The van der Waals surface area contributed by atoms with E-state index in [9.17, 15) is 0 Å². The predicted molar refractivity (Wildman–Crippen MR) is 73.6 cm³/mol. The highest BCUT2D eigenvalue weighted by atomic mass is 15.1. The van der Waals surface area contributed by atoms with E-state index in [4.69, 9.17) is 0 Å². The third-order valence-corrected chi connectivity index (χ3v) is 2.88. The van der Waals surface area contributed by atoms with Gasteiger partial charge in [-0.25, -0.2) is 0 Å². The van der Waals surface area contributed by atoms with Crippen LogP contribution in [-0.2, 0) is 0 Å². The minimum atomic E-state index is 0.671. The molecule has 0 saturated heterocycles. The highest BCUT2D eigenvalue weighted by molar-refractivity contribution is 5.86. The molecule has 0 radical (unpaired) electrons. The second-order valence-electron chi connectivity index (χ2n) is 4.13. The summed E-state index contributed by atoms with van der Waals surface area (Å²) in [6, 6.07) is 18.2. The summed E-state index contributed by atoms with van der Waals surface area (Å²) in [5.74, 6) is 0. The molecule has 1 heterocycles. The molecule has 0 saturated carbocycles. The lowest BCUT2D eigenvalue weighted by atomic mass is 9.96. The molecule has 0 aliphatic carbocycles. The number of hydrogen-bond donors (Lipinski definition) is 0. The first-order chi connectivity index (χ1) is 8.84. The van der Waals surface area contributed by atoms with Gasteiger partial charge in [-0.05, 0) is 23.3 Å². The van der Waals surface area contributed by atoms with Gasteiger partial charge in [-0.1, -0.05) is 55.1 Å². The maximum atomic E-state index is 4.22. The zero-order chi connectivity index (χ0) is 12.4. The van der Waals surface area contributed by atoms with Crippen LogP contribution < -0.4 is 0 Å². The largest absolute Gasteiger partial charge is 0.151 e. The second-order valence-corrected chi connectivity index (χ2v) is 4.13. The Balaban J connectivity index is 2.23. The molecule has 2 heteroatoms. The Labute approximate surface area is 106 Å². The van der Waals surface area contributed by atoms with E-state index in [2.05, 4.69) is 35.0 Å². The number of azo groups is 1. The van der Waals surface area contributed by atoms with Crippen LogP contribution >= 0.6 is 0 Å². The van der Waals surface area contributed by atoms with Gasteiger partial charge in [-0.15, -0.1) is 5.11 Å². The van der Waals surface area contributed by atoms with Crippen LogP contribution in [0.2, 0.25) is 0 Å². The zero-order valence-corrected chi connectivity index (χ0v) is 9.88. The van der Waals surface area contributed by atoms with Crippen LogP contribution in [0.4, 0.5) is 5.69 Å². The van der Waals surface area contributed by atoms with Crippen molar-refractivity contribution in [3.8, 4) is 0 Å². The Morgan fingerprint density at radius 2 is 1.50 bits per heavy atom. The van der Waals surface area contributed by atoms with Crippen molar-refractivity contribution in [3.05, 3.63) is 84.1 Å². The van der Waals surface area contributed by atoms with Crippen molar-refractivity contribution in [2.75, 3.05) is 0 Å². The summed E-state index contributed by atoms with van der Waals surface area (Å²) < 4.78 is 0. The predicted octanol–water partition coefficient (Wildman–Crippen LogP) is 4.73. The number of rotatable bonds is 1. The van der Waals surface area contributed by atoms with Crippen molar-refractivity contribution in [1.82, 2.24) is 0 Å². The molecule has 2 nitrogen and oxygen atoms in total. The number of hydrogen-bond acceptors (Lipinski definition) is 2. The van der Waals surface area contributed by atoms with E-state index in [-0.39, 0.29) is 0 Å². The Kier molecular flexibility index (Phi) is 2.61. The summed E-state index contributed by atoms with van der Waals surface area (Å²) in [4.78, 5) is 0. The quantitative estimate of drug-likeness (QED) is 0.679. The number of benzene rings is 2. The molecular formula is C16H12N2. The van der Waals surface area contributed by atoms with Crippen LogP contribution in [0.15, 0.2) is 83.2 Å². The van der Waals surface area contributed by atoms with E-state index in [1.165, 1.54) is 0 Å². The number of nitrogens with zero attached hydrogens (tertiary/aromatic N) is 2. The van der Waals surface area contributed by atoms with Crippen LogP contribution in [0.5, 0.6) is 0 Å². The molecule has 0 aromatic heterocycles. The van der Waals surface area contributed by atoms with Crippen molar-refractivity contribution in [2.45, 2.75) is 0 Å². The van der Waals surface area contributed by atoms with Crippen LogP contribution in [0.1, 0.15) is 11.1 Å². The summed E-state index contributed by atoms with van der Waals surface area (Å²) in [7, 11) is 0. The smallest absolute Gasteiger partial charge is 0.0935 e. The summed E-state index contributed by atoms with van der Waals surface area (Å²) in [6.07, 6.45) is 1.98. The molecule has 86 valence electrons. The third-order valence-electron chi connectivity index (χ3n) is 2.88. The summed E-state index contributed by atoms with van der Waals surface area (Å²) >= 11 is 0.